The zero-order chi connectivity index (χ0) is 23.4. The number of nitrogens with one attached hydrogen (secondary N) is 1. The van der Waals surface area contributed by atoms with Crippen LogP contribution in [-0.4, -0.2) is 60.3 Å². The van der Waals surface area contributed by atoms with E-state index in [1.807, 2.05) is 38.1 Å². The summed E-state index contributed by atoms with van der Waals surface area (Å²) in [5, 5.41) is 13.5. The monoisotopic (exact) mass is 469 g/mol. The maximum absolute atomic E-state index is 12.5. The molecule has 1 aromatic carbocycles. The van der Waals surface area contributed by atoms with Gasteiger partial charge in [-0.1, -0.05) is 31.5 Å². The standard InChI is InChI=1S/C25H28ClN3O4/c1-25(2,16-28-23(31)15-29-9-11-32-12-10-29)22-14-19(18-3-4-20(26)21(30)13-18)24(33-22)17-5-7-27-8-6-17/h3-8,13-14,30H,9-12,15-16H2,1-2H3,(H,28,31). The van der Waals surface area contributed by atoms with E-state index >= 15 is 0 Å². The minimum Gasteiger partial charge on any atom is -0.506 e. The van der Waals surface area contributed by atoms with E-state index in [1.165, 1.54) is 0 Å². The summed E-state index contributed by atoms with van der Waals surface area (Å²) in [4.78, 5) is 18.7. The van der Waals surface area contributed by atoms with E-state index in [4.69, 9.17) is 20.8 Å². The molecule has 1 amide bonds. The highest BCUT2D eigenvalue weighted by Gasteiger charge is 2.29. The molecule has 0 radical (unpaired) electrons. The van der Waals surface area contributed by atoms with Crippen molar-refractivity contribution in [1.29, 1.82) is 0 Å². The highest BCUT2D eigenvalue weighted by Crippen LogP contribution is 2.40. The predicted molar refractivity (Wildman–Crippen MR) is 127 cm³/mol. The number of hydrogen-bond acceptors (Lipinski definition) is 6. The van der Waals surface area contributed by atoms with E-state index in [0.29, 0.717) is 32.1 Å². The minimum atomic E-state index is -0.463. The van der Waals surface area contributed by atoms with Gasteiger partial charge < -0.3 is 19.6 Å². The number of phenolic OH excluding ortho intramolecular Hbond substituents is 1. The van der Waals surface area contributed by atoms with Gasteiger partial charge in [0.05, 0.1) is 24.8 Å². The quantitative estimate of drug-likeness (QED) is 0.541. The number of morpholine rings is 1. The van der Waals surface area contributed by atoms with Gasteiger partial charge in [0.15, 0.2) is 0 Å². The van der Waals surface area contributed by atoms with Crippen molar-refractivity contribution in [3.8, 4) is 28.2 Å². The predicted octanol–water partition coefficient (Wildman–Crippen LogP) is 4.09. The van der Waals surface area contributed by atoms with Crippen LogP contribution in [0.3, 0.4) is 0 Å². The summed E-state index contributed by atoms with van der Waals surface area (Å²) in [7, 11) is 0. The Morgan fingerprint density at radius 3 is 2.58 bits per heavy atom. The topological polar surface area (TPSA) is 87.8 Å². The molecule has 2 aromatic heterocycles. The molecule has 2 N–H and O–H groups in total. The average Bonchev–Trinajstić information content (AvgIpc) is 3.27. The first kappa shape index (κ1) is 23.3. The lowest BCUT2D eigenvalue weighted by Crippen LogP contribution is -2.45. The van der Waals surface area contributed by atoms with E-state index in [9.17, 15) is 9.90 Å². The van der Waals surface area contributed by atoms with E-state index < -0.39 is 5.41 Å². The highest BCUT2D eigenvalue weighted by atomic mass is 35.5. The molecule has 1 aliphatic heterocycles. The van der Waals surface area contributed by atoms with Gasteiger partial charge >= 0.3 is 0 Å². The third-order valence-electron chi connectivity index (χ3n) is 5.80. The number of hydrogen-bond donors (Lipinski definition) is 2. The molecule has 0 spiro atoms. The van der Waals surface area contributed by atoms with Crippen LogP contribution in [0.15, 0.2) is 53.2 Å². The lowest BCUT2D eigenvalue weighted by Gasteiger charge is -2.27. The van der Waals surface area contributed by atoms with Crippen molar-refractivity contribution < 1.29 is 19.1 Å². The van der Waals surface area contributed by atoms with Crippen molar-refractivity contribution in [1.82, 2.24) is 15.2 Å². The van der Waals surface area contributed by atoms with Gasteiger partial charge in [-0.3, -0.25) is 14.7 Å². The van der Waals surface area contributed by atoms with Gasteiger partial charge in [0.2, 0.25) is 5.91 Å². The van der Waals surface area contributed by atoms with E-state index in [-0.39, 0.29) is 16.7 Å². The maximum atomic E-state index is 12.5. The van der Waals surface area contributed by atoms with Crippen LogP contribution in [0, 0.1) is 0 Å². The third-order valence-corrected chi connectivity index (χ3v) is 6.12. The number of furan rings is 1. The van der Waals surface area contributed by atoms with Crippen LogP contribution in [0.1, 0.15) is 19.6 Å². The van der Waals surface area contributed by atoms with Crippen LogP contribution in [0.5, 0.6) is 5.75 Å². The Morgan fingerprint density at radius 1 is 1.15 bits per heavy atom. The number of pyridine rings is 1. The second kappa shape index (κ2) is 9.95. The average molecular weight is 470 g/mol. The third kappa shape index (κ3) is 5.55. The van der Waals surface area contributed by atoms with Crippen molar-refractivity contribution in [3.05, 3.63) is 59.6 Å². The molecule has 1 aliphatic rings. The highest BCUT2D eigenvalue weighted by molar-refractivity contribution is 6.32. The Balaban J connectivity index is 1.58. The molecule has 8 heteroatoms. The first-order valence-corrected chi connectivity index (χ1v) is 11.3. The minimum absolute atomic E-state index is 0.00670. The van der Waals surface area contributed by atoms with Crippen molar-refractivity contribution in [2.75, 3.05) is 39.4 Å². The van der Waals surface area contributed by atoms with Gasteiger partial charge in [0.25, 0.3) is 0 Å². The Morgan fingerprint density at radius 2 is 1.88 bits per heavy atom. The smallest absolute Gasteiger partial charge is 0.234 e. The lowest BCUT2D eigenvalue weighted by atomic mass is 9.89. The summed E-state index contributed by atoms with van der Waals surface area (Å²) in [5.41, 5.74) is 2.02. The van der Waals surface area contributed by atoms with Gasteiger partial charge in [-0.2, -0.15) is 0 Å². The Labute approximate surface area is 198 Å². The van der Waals surface area contributed by atoms with Crippen LogP contribution in [0.2, 0.25) is 5.02 Å². The molecule has 1 fully saturated rings. The number of carbonyl (C=O) groups excluding carboxylic acids is 1. The van der Waals surface area contributed by atoms with Crippen LogP contribution < -0.4 is 5.32 Å². The summed E-state index contributed by atoms with van der Waals surface area (Å²) >= 11 is 6.01. The van der Waals surface area contributed by atoms with E-state index in [1.54, 1.807) is 24.5 Å². The first-order chi connectivity index (χ1) is 15.8. The molecule has 174 valence electrons. The fraction of sp³-hybridized carbons (Fsp3) is 0.360. The van der Waals surface area contributed by atoms with Crippen LogP contribution in [0.25, 0.3) is 22.5 Å². The molecule has 0 atom stereocenters. The fourth-order valence-electron chi connectivity index (χ4n) is 3.76. The molecule has 3 heterocycles. The molecule has 4 rings (SSSR count). The Hall–Kier alpha value is -2.87. The summed E-state index contributed by atoms with van der Waals surface area (Å²) in [6.45, 7) is 7.68. The van der Waals surface area contributed by atoms with Crippen molar-refractivity contribution in [2.45, 2.75) is 19.3 Å². The molecule has 7 nitrogen and oxygen atoms in total. The van der Waals surface area contributed by atoms with Crippen molar-refractivity contribution in [3.63, 3.8) is 0 Å². The summed E-state index contributed by atoms with van der Waals surface area (Å²) in [5.74, 6) is 1.38. The number of phenols is 1. The number of benzene rings is 1. The fourth-order valence-corrected chi connectivity index (χ4v) is 3.88. The van der Waals surface area contributed by atoms with Gasteiger partial charge in [-0.05, 0) is 35.9 Å². The number of carbonyl (C=O) groups is 1. The number of amides is 1. The Bertz CT molecular complexity index is 1110. The zero-order valence-electron chi connectivity index (χ0n) is 18.8. The zero-order valence-corrected chi connectivity index (χ0v) is 19.6. The molecule has 1 saturated heterocycles. The van der Waals surface area contributed by atoms with Gasteiger partial charge in [-0.15, -0.1) is 0 Å². The summed E-state index contributed by atoms with van der Waals surface area (Å²) in [6, 6.07) is 10.8. The molecule has 3 aromatic rings. The van der Waals surface area contributed by atoms with Crippen LogP contribution in [-0.2, 0) is 14.9 Å². The number of ether oxygens (including phenoxy) is 1. The molecule has 0 unspecified atom stereocenters. The van der Waals surface area contributed by atoms with Crippen molar-refractivity contribution in [2.24, 2.45) is 0 Å². The van der Waals surface area contributed by atoms with Crippen molar-refractivity contribution >= 4 is 17.5 Å². The van der Waals surface area contributed by atoms with Gasteiger partial charge in [0, 0.05) is 48.6 Å². The number of aromatic nitrogens is 1. The molecule has 0 bridgehead atoms. The number of halogens is 1. The molecule has 0 saturated carbocycles. The maximum Gasteiger partial charge on any atom is 0.234 e. The molecular weight excluding hydrogens is 442 g/mol. The summed E-state index contributed by atoms with van der Waals surface area (Å²) in [6.07, 6.45) is 3.41. The number of nitrogens with zero attached hydrogens (tertiary/aromatic N) is 2. The Kier molecular flexibility index (Phi) is 7.02. The van der Waals surface area contributed by atoms with E-state index in [0.717, 1.165) is 35.5 Å². The van der Waals surface area contributed by atoms with Gasteiger partial charge in [0.1, 0.15) is 17.3 Å². The first-order valence-electron chi connectivity index (χ1n) is 10.9. The normalized spacial score (nSPS) is 14.9. The second-order valence-electron chi connectivity index (χ2n) is 8.80. The molecule has 33 heavy (non-hydrogen) atoms. The molecular formula is C25H28ClN3O4. The van der Waals surface area contributed by atoms with Gasteiger partial charge in [-0.25, -0.2) is 0 Å². The SMILES string of the molecule is CC(C)(CNC(=O)CN1CCOCC1)c1cc(-c2ccc(Cl)c(O)c2)c(-c2ccncc2)o1. The summed E-state index contributed by atoms with van der Waals surface area (Å²) < 4.78 is 11.7. The second-order valence-corrected chi connectivity index (χ2v) is 9.21. The largest absolute Gasteiger partial charge is 0.506 e. The number of aromatic hydroxyl groups is 1. The van der Waals surface area contributed by atoms with E-state index in [2.05, 4.69) is 15.2 Å². The molecule has 0 aliphatic carbocycles. The lowest BCUT2D eigenvalue weighted by molar-refractivity contribution is -0.123. The number of rotatable bonds is 7. The van der Waals surface area contributed by atoms with Crippen LogP contribution >= 0.6 is 11.6 Å². The van der Waals surface area contributed by atoms with Crippen LogP contribution in [0.4, 0.5) is 0 Å².